The largest absolute Gasteiger partial charge is 0.476 e. The van der Waals surface area contributed by atoms with E-state index in [1.807, 2.05) is 0 Å². The van der Waals surface area contributed by atoms with Crippen molar-refractivity contribution >= 4 is 17.8 Å². The number of carbonyl (C=O) groups excluding carboxylic acids is 2. The first-order valence-electron chi connectivity index (χ1n) is 6.18. The van der Waals surface area contributed by atoms with Crippen LogP contribution in [0.2, 0.25) is 0 Å². The molecule has 2 aromatic rings. The molecule has 3 rings (SSSR count). The average Bonchev–Trinajstić information content (AvgIpc) is 2.92. The molecule has 0 radical (unpaired) electrons. The molecule has 1 aliphatic heterocycles. The predicted octanol–water partition coefficient (Wildman–Crippen LogP) is 1.10. The quantitative estimate of drug-likeness (QED) is 0.848. The molecule has 1 aromatic carbocycles. The van der Waals surface area contributed by atoms with Gasteiger partial charge in [-0.05, 0) is 11.6 Å². The summed E-state index contributed by atoms with van der Waals surface area (Å²) in [5, 5.41) is 12.1. The molecule has 0 atom stereocenters. The van der Waals surface area contributed by atoms with Crippen molar-refractivity contribution in [1.82, 2.24) is 10.1 Å². The second-order valence-electron chi connectivity index (χ2n) is 4.60. The lowest BCUT2D eigenvalue weighted by Crippen LogP contribution is -2.41. The summed E-state index contributed by atoms with van der Waals surface area (Å²) in [6.45, 7) is -0.133. The fraction of sp³-hybridized carbons (Fsp3) is 0.143. The fourth-order valence-electron chi connectivity index (χ4n) is 2.20. The van der Waals surface area contributed by atoms with Crippen molar-refractivity contribution < 1.29 is 24.0 Å². The van der Waals surface area contributed by atoms with Gasteiger partial charge in [0.05, 0.1) is 13.0 Å². The molecule has 1 aliphatic rings. The second kappa shape index (κ2) is 4.86. The third-order valence-corrected chi connectivity index (χ3v) is 3.23. The zero-order valence-electron chi connectivity index (χ0n) is 10.8. The Labute approximate surface area is 118 Å². The van der Waals surface area contributed by atoms with Crippen LogP contribution in [-0.2, 0) is 17.8 Å². The van der Waals surface area contributed by atoms with Crippen molar-refractivity contribution in [3.8, 4) is 0 Å². The zero-order chi connectivity index (χ0) is 15.0. The number of benzene rings is 1. The van der Waals surface area contributed by atoms with Gasteiger partial charge in [-0.3, -0.25) is 14.5 Å². The first kappa shape index (κ1) is 13.0. The van der Waals surface area contributed by atoms with Gasteiger partial charge in [0, 0.05) is 11.6 Å². The highest BCUT2D eigenvalue weighted by Gasteiger charge is 2.31. The number of aromatic carboxylic acids is 1. The summed E-state index contributed by atoms with van der Waals surface area (Å²) in [5.41, 5.74) is 0.893. The SMILES string of the molecule is O=C(O)c1cc(CN2C(=O)Cc3ccccc3C2=O)on1. The van der Waals surface area contributed by atoms with Gasteiger partial charge in [0.2, 0.25) is 5.91 Å². The molecule has 0 saturated carbocycles. The van der Waals surface area contributed by atoms with Crippen LogP contribution in [0.4, 0.5) is 0 Å². The van der Waals surface area contributed by atoms with E-state index in [9.17, 15) is 14.4 Å². The second-order valence-corrected chi connectivity index (χ2v) is 4.60. The fourth-order valence-corrected chi connectivity index (χ4v) is 2.20. The van der Waals surface area contributed by atoms with Crippen molar-refractivity contribution in [3.05, 3.63) is 52.9 Å². The van der Waals surface area contributed by atoms with Crippen LogP contribution in [0, 0.1) is 0 Å². The normalized spacial score (nSPS) is 14.2. The van der Waals surface area contributed by atoms with Crippen molar-refractivity contribution in [2.45, 2.75) is 13.0 Å². The van der Waals surface area contributed by atoms with E-state index in [-0.39, 0.29) is 30.3 Å². The highest BCUT2D eigenvalue weighted by Crippen LogP contribution is 2.21. The Hall–Kier alpha value is -2.96. The topological polar surface area (TPSA) is 101 Å². The van der Waals surface area contributed by atoms with Crippen molar-refractivity contribution in [2.24, 2.45) is 0 Å². The summed E-state index contributed by atoms with van der Waals surface area (Å²) in [6, 6.07) is 8.08. The third kappa shape index (κ3) is 2.29. The van der Waals surface area contributed by atoms with Crippen LogP contribution in [-0.4, -0.2) is 32.9 Å². The predicted molar refractivity (Wildman–Crippen MR) is 68.5 cm³/mol. The number of hydrogen-bond acceptors (Lipinski definition) is 5. The first-order chi connectivity index (χ1) is 10.1. The third-order valence-electron chi connectivity index (χ3n) is 3.23. The molecule has 7 nitrogen and oxygen atoms in total. The Balaban J connectivity index is 1.87. The van der Waals surface area contributed by atoms with Crippen LogP contribution in [0.5, 0.6) is 0 Å². The van der Waals surface area contributed by atoms with Gasteiger partial charge in [0.25, 0.3) is 5.91 Å². The number of nitrogens with zero attached hydrogens (tertiary/aromatic N) is 2. The monoisotopic (exact) mass is 286 g/mol. The number of fused-ring (bicyclic) bond motifs is 1. The minimum atomic E-state index is -1.23. The Bertz CT molecular complexity index is 749. The molecule has 7 heteroatoms. The lowest BCUT2D eigenvalue weighted by atomic mass is 9.98. The Morgan fingerprint density at radius 3 is 2.81 bits per heavy atom. The maximum Gasteiger partial charge on any atom is 0.358 e. The number of hydrogen-bond donors (Lipinski definition) is 1. The van der Waals surface area contributed by atoms with Gasteiger partial charge in [0.1, 0.15) is 0 Å². The number of aromatic nitrogens is 1. The number of carbonyl (C=O) groups is 3. The Morgan fingerprint density at radius 2 is 2.10 bits per heavy atom. The maximum absolute atomic E-state index is 12.3. The number of imide groups is 1. The van der Waals surface area contributed by atoms with E-state index in [1.54, 1.807) is 24.3 Å². The first-order valence-corrected chi connectivity index (χ1v) is 6.18. The lowest BCUT2D eigenvalue weighted by molar-refractivity contribution is -0.129. The summed E-state index contributed by atoms with van der Waals surface area (Å²) in [7, 11) is 0. The Morgan fingerprint density at radius 1 is 1.33 bits per heavy atom. The van der Waals surface area contributed by atoms with E-state index < -0.39 is 11.9 Å². The molecule has 0 fully saturated rings. The van der Waals surface area contributed by atoms with Gasteiger partial charge >= 0.3 is 5.97 Å². The summed E-state index contributed by atoms with van der Waals surface area (Å²) >= 11 is 0. The van der Waals surface area contributed by atoms with Gasteiger partial charge in [0.15, 0.2) is 11.5 Å². The van der Waals surface area contributed by atoms with Crippen molar-refractivity contribution in [1.29, 1.82) is 0 Å². The lowest BCUT2D eigenvalue weighted by Gasteiger charge is -2.25. The molecule has 1 aromatic heterocycles. The number of amides is 2. The molecule has 0 bridgehead atoms. The number of rotatable bonds is 3. The summed E-state index contributed by atoms with van der Waals surface area (Å²) in [4.78, 5) is 36.1. The molecular formula is C14H10N2O5. The van der Waals surface area contributed by atoms with E-state index in [0.29, 0.717) is 11.1 Å². The van der Waals surface area contributed by atoms with Crippen LogP contribution >= 0.6 is 0 Å². The van der Waals surface area contributed by atoms with E-state index in [2.05, 4.69) is 5.16 Å². The summed E-state index contributed by atoms with van der Waals surface area (Å²) < 4.78 is 4.84. The van der Waals surface area contributed by atoms with Gasteiger partial charge in [-0.1, -0.05) is 23.4 Å². The van der Waals surface area contributed by atoms with Gasteiger partial charge in [-0.25, -0.2) is 4.79 Å². The average molecular weight is 286 g/mol. The molecule has 0 unspecified atom stereocenters. The van der Waals surface area contributed by atoms with E-state index in [0.717, 1.165) is 4.90 Å². The van der Waals surface area contributed by atoms with Gasteiger partial charge in [-0.15, -0.1) is 0 Å². The highest BCUT2D eigenvalue weighted by atomic mass is 16.5. The van der Waals surface area contributed by atoms with E-state index in [4.69, 9.17) is 9.63 Å². The molecule has 0 saturated heterocycles. The van der Waals surface area contributed by atoms with Crippen LogP contribution in [0.25, 0.3) is 0 Å². The summed E-state index contributed by atoms with van der Waals surface area (Å²) in [5.74, 6) is -1.86. The van der Waals surface area contributed by atoms with Crippen LogP contribution < -0.4 is 0 Å². The minimum Gasteiger partial charge on any atom is -0.476 e. The van der Waals surface area contributed by atoms with E-state index >= 15 is 0 Å². The maximum atomic E-state index is 12.3. The molecule has 21 heavy (non-hydrogen) atoms. The minimum absolute atomic E-state index is 0.127. The van der Waals surface area contributed by atoms with Crippen LogP contribution in [0.3, 0.4) is 0 Å². The Kier molecular flexibility index (Phi) is 3.02. The molecule has 2 amide bonds. The smallest absolute Gasteiger partial charge is 0.358 e. The van der Waals surface area contributed by atoms with Crippen LogP contribution in [0.15, 0.2) is 34.9 Å². The molecule has 1 N–H and O–H groups in total. The number of carboxylic acid groups (broad SMARTS) is 1. The zero-order valence-corrected chi connectivity index (χ0v) is 10.8. The summed E-state index contributed by atoms with van der Waals surface area (Å²) in [6.07, 6.45) is 0.127. The molecular weight excluding hydrogens is 276 g/mol. The van der Waals surface area contributed by atoms with Crippen molar-refractivity contribution in [3.63, 3.8) is 0 Å². The van der Waals surface area contributed by atoms with Crippen LogP contribution in [0.1, 0.15) is 32.2 Å². The van der Waals surface area contributed by atoms with Gasteiger partial charge in [-0.2, -0.15) is 0 Å². The molecule has 0 aliphatic carbocycles. The molecule has 2 heterocycles. The standard InChI is InChI=1S/C14H10N2O5/c17-12-5-8-3-1-2-4-10(8)13(18)16(12)7-9-6-11(14(19)20)15-21-9/h1-4,6H,5,7H2,(H,19,20). The van der Waals surface area contributed by atoms with Gasteiger partial charge < -0.3 is 9.63 Å². The molecule has 0 spiro atoms. The van der Waals surface area contributed by atoms with E-state index in [1.165, 1.54) is 6.07 Å². The highest BCUT2D eigenvalue weighted by molar-refractivity contribution is 6.09. The number of carboxylic acids is 1. The van der Waals surface area contributed by atoms with Crippen molar-refractivity contribution in [2.75, 3.05) is 0 Å². The molecule has 106 valence electrons.